The van der Waals surface area contributed by atoms with Gasteiger partial charge >= 0.3 is 5.97 Å². The van der Waals surface area contributed by atoms with Crippen LogP contribution in [0, 0.1) is 0 Å². The Labute approximate surface area is 79.0 Å². The summed E-state index contributed by atoms with van der Waals surface area (Å²) in [6, 6.07) is 0. The number of hydrogen-bond acceptors (Lipinski definition) is 1. The van der Waals surface area contributed by atoms with Crippen LogP contribution >= 0.6 is 0 Å². The summed E-state index contributed by atoms with van der Waals surface area (Å²) in [5.41, 5.74) is 0.176. The smallest absolute Gasteiger partial charge is 0.330 e. The van der Waals surface area contributed by atoms with Crippen molar-refractivity contribution in [3.63, 3.8) is 0 Å². The van der Waals surface area contributed by atoms with E-state index in [2.05, 4.69) is 6.58 Å². The molecule has 0 radical (unpaired) electrons. The third-order valence-electron chi connectivity index (χ3n) is 0.365. The molecule has 11 heavy (non-hydrogen) atoms. The standard InChI is InChI=1S/C4H6O2.4H2O.Ti/c1-3(2)4(5)6;;;;;/h1H2,2H3,(H,5,6);4*1H2;. The van der Waals surface area contributed by atoms with Crippen LogP contribution < -0.4 is 0 Å². The van der Waals surface area contributed by atoms with Gasteiger partial charge in [-0.1, -0.05) is 6.58 Å². The molecule has 0 atom stereocenters. The topological polar surface area (TPSA) is 163 Å². The molecule has 7 heteroatoms. The molecule has 0 saturated heterocycles. The second kappa shape index (κ2) is 22.6. The van der Waals surface area contributed by atoms with Crippen molar-refractivity contribution in [2.45, 2.75) is 6.92 Å². The minimum atomic E-state index is -0.935. The van der Waals surface area contributed by atoms with E-state index in [0.29, 0.717) is 0 Å². The quantitative estimate of drug-likeness (QED) is 0.366. The van der Waals surface area contributed by atoms with Gasteiger partial charge in [-0.15, -0.1) is 0 Å². The van der Waals surface area contributed by atoms with Gasteiger partial charge in [-0.25, -0.2) is 4.79 Å². The van der Waals surface area contributed by atoms with E-state index < -0.39 is 5.97 Å². The van der Waals surface area contributed by atoms with Gasteiger partial charge < -0.3 is 27.0 Å². The summed E-state index contributed by atoms with van der Waals surface area (Å²) in [6.07, 6.45) is 0. The first-order valence-corrected chi connectivity index (χ1v) is 1.53. The molecule has 0 bridgehead atoms. The Hall–Kier alpha value is -0.236. The van der Waals surface area contributed by atoms with Gasteiger partial charge in [0.15, 0.2) is 0 Å². The van der Waals surface area contributed by atoms with E-state index >= 15 is 0 Å². The summed E-state index contributed by atoms with van der Waals surface area (Å²) < 4.78 is 0. The van der Waals surface area contributed by atoms with E-state index in [1.165, 1.54) is 6.92 Å². The molecule has 0 aliphatic rings. The van der Waals surface area contributed by atoms with Gasteiger partial charge in [0.25, 0.3) is 0 Å². The van der Waals surface area contributed by atoms with Crippen LogP contribution in [0.2, 0.25) is 0 Å². The van der Waals surface area contributed by atoms with Gasteiger partial charge in [0, 0.05) is 27.3 Å². The monoisotopic (exact) mass is 206 g/mol. The van der Waals surface area contributed by atoms with Crippen molar-refractivity contribution >= 4 is 5.97 Å². The summed E-state index contributed by atoms with van der Waals surface area (Å²) in [7, 11) is 0. The summed E-state index contributed by atoms with van der Waals surface area (Å²) in [6.45, 7) is 4.60. The first-order chi connectivity index (χ1) is 2.64. The molecular weight excluding hydrogens is 192 g/mol. The molecule has 0 fully saturated rings. The van der Waals surface area contributed by atoms with Gasteiger partial charge in [0.05, 0.1) is 0 Å². The number of carboxylic acid groups (broad SMARTS) is 1. The molecule has 70 valence electrons. The van der Waals surface area contributed by atoms with Gasteiger partial charge in [-0.05, 0) is 6.92 Å². The molecule has 0 heterocycles. The second-order valence-electron chi connectivity index (χ2n) is 1.09. The molecule has 0 aromatic heterocycles. The summed E-state index contributed by atoms with van der Waals surface area (Å²) >= 11 is 0. The molecule has 0 rings (SSSR count). The maximum absolute atomic E-state index is 9.60. The zero-order valence-corrected chi connectivity index (χ0v) is 7.62. The Morgan fingerprint density at radius 2 is 1.27 bits per heavy atom. The van der Waals surface area contributed by atoms with Gasteiger partial charge in [0.1, 0.15) is 0 Å². The third kappa shape index (κ3) is 41.5. The van der Waals surface area contributed by atoms with Crippen molar-refractivity contribution in [2.24, 2.45) is 0 Å². The molecule has 0 amide bonds. The number of hydrogen-bond donors (Lipinski definition) is 1. The first kappa shape index (κ1) is 45.2. The Balaban J connectivity index is -0.0000000125. The Kier molecular flexibility index (Phi) is 92.8. The fourth-order valence-electron chi connectivity index (χ4n) is 0. The second-order valence-corrected chi connectivity index (χ2v) is 1.09. The molecule has 0 unspecified atom stereocenters. The average molecular weight is 206 g/mol. The zero-order valence-electron chi connectivity index (χ0n) is 6.06. The van der Waals surface area contributed by atoms with Crippen LogP contribution in [0.4, 0.5) is 0 Å². The van der Waals surface area contributed by atoms with Crippen molar-refractivity contribution in [3.8, 4) is 0 Å². The molecule has 0 aromatic rings. The summed E-state index contributed by atoms with van der Waals surface area (Å²) in [5, 5.41) is 7.89. The normalized spacial score (nSPS) is 4.09. The van der Waals surface area contributed by atoms with Crippen LogP contribution in [0.1, 0.15) is 6.92 Å². The van der Waals surface area contributed by atoms with Crippen LogP contribution in [0.3, 0.4) is 0 Å². The maximum atomic E-state index is 9.60. The molecule has 0 spiro atoms. The van der Waals surface area contributed by atoms with Crippen LogP contribution in [0.25, 0.3) is 0 Å². The molecule has 0 saturated carbocycles. The minimum absolute atomic E-state index is 0. The van der Waals surface area contributed by atoms with Crippen molar-refractivity contribution < 1.29 is 53.5 Å². The first-order valence-electron chi connectivity index (χ1n) is 1.53. The molecule has 0 aliphatic carbocycles. The largest absolute Gasteiger partial charge is 0.478 e. The molecule has 9 N–H and O–H groups in total. The van der Waals surface area contributed by atoms with E-state index in [-0.39, 0.29) is 49.2 Å². The number of rotatable bonds is 1. The van der Waals surface area contributed by atoms with E-state index in [0.717, 1.165) is 0 Å². The van der Waals surface area contributed by atoms with Crippen molar-refractivity contribution in [3.05, 3.63) is 12.2 Å². The van der Waals surface area contributed by atoms with Crippen molar-refractivity contribution in [2.75, 3.05) is 0 Å². The van der Waals surface area contributed by atoms with Crippen LogP contribution in [-0.2, 0) is 26.5 Å². The molecule has 6 nitrogen and oxygen atoms in total. The van der Waals surface area contributed by atoms with Crippen LogP contribution in [0.5, 0.6) is 0 Å². The van der Waals surface area contributed by atoms with E-state index in [1.54, 1.807) is 0 Å². The van der Waals surface area contributed by atoms with E-state index in [4.69, 9.17) is 5.11 Å². The predicted octanol–water partition coefficient (Wildman–Crippen LogP) is -2.65. The fourth-order valence-corrected chi connectivity index (χ4v) is 0. The van der Waals surface area contributed by atoms with Gasteiger partial charge in [-0.2, -0.15) is 0 Å². The predicted molar refractivity (Wildman–Crippen MR) is 36.9 cm³/mol. The maximum Gasteiger partial charge on any atom is 0.330 e. The molecule has 0 aromatic carbocycles. The zero-order chi connectivity index (χ0) is 5.15. The number of carboxylic acids is 1. The van der Waals surface area contributed by atoms with Crippen molar-refractivity contribution in [1.29, 1.82) is 0 Å². The SMILES string of the molecule is C=C(C)C(=O)O.O.O.O.O.[Ti]. The number of aliphatic carboxylic acids is 1. The Morgan fingerprint density at radius 3 is 1.27 bits per heavy atom. The Bertz CT molecular complexity index is 80.6. The fraction of sp³-hybridized carbons (Fsp3) is 0.250. The van der Waals surface area contributed by atoms with E-state index in [1.807, 2.05) is 0 Å². The molecule has 0 aliphatic heterocycles. The third-order valence-corrected chi connectivity index (χ3v) is 0.365. The van der Waals surface area contributed by atoms with Crippen LogP contribution in [-0.4, -0.2) is 33.0 Å². The summed E-state index contributed by atoms with van der Waals surface area (Å²) in [4.78, 5) is 9.60. The van der Waals surface area contributed by atoms with Crippen molar-refractivity contribution in [1.82, 2.24) is 0 Å². The Morgan fingerprint density at radius 1 is 1.18 bits per heavy atom. The average Bonchev–Trinajstić information content (AvgIpc) is 1.36. The van der Waals surface area contributed by atoms with Crippen LogP contribution in [0.15, 0.2) is 12.2 Å². The molecular formula is C4H14O6Ti. The van der Waals surface area contributed by atoms with Gasteiger partial charge in [0.2, 0.25) is 0 Å². The number of carbonyl (C=O) groups is 1. The van der Waals surface area contributed by atoms with E-state index in [9.17, 15) is 4.79 Å². The van der Waals surface area contributed by atoms with Gasteiger partial charge in [-0.3, -0.25) is 0 Å². The minimum Gasteiger partial charge on any atom is -0.478 e. The summed E-state index contributed by atoms with van der Waals surface area (Å²) in [5.74, 6) is -0.935.